The summed E-state index contributed by atoms with van der Waals surface area (Å²) >= 11 is 0. The van der Waals surface area contributed by atoms with Crippen molar-refractivity contribution < 1.29 is 9.84 Å². The summed E-state index contributed by atoms with van der Waals surface area (Å²) < 4.78 is 5.64. The predicted molar refractivity (Wildman–Crippen MR) is 66.7 cm³/mol. The molecule has 1 atom stereocenters. The van der Waals surface area contributed by atoms with Crippen LogP contribution in [-0.4, -0.2) is 11.7 Å². The van der Waals surface area contributed by atoms with Gasteiger partial charge in [-0.2, -0.15) is 0 Å². The van der Waals surface area contributed by atoms with E-state index in [1.54, 1.807) is 6.92 Å². The first kappa shape index (κ1) is 12.8. The van der Waals surface area contributed by atoms with Crippen LogP contribution in [0.2, 0.25) is 0 Å². The Hall–Kier alpha value is -1.28. The van der Waals surface area contributed by atoms with E-state index >= 15 is 0 Å². The topological polar surface area (TPSA) is 29.5 Å². The van der Waals surface area contributed by atoms with Crippen LogP contribution in [0.5, 0.6) is 5.75 Å². The van der Waals surface area contributed by atoms with Gasteiger partial charge >= 0.3 is 0 Å². The average Bonchev–Trinajstić information content (AvgIpc) is 2.26. The second-order valence-corrected chi connectivity index (χ2v) is 4.09. The van der Waals surface area contributed by atoms with E-state index in [2.05, 4.69) is 13.5 Å². The largest absolute Gasteiger partial charge is 0.489 e. The number of rotatable bonds is 5. The van der Waals surface area contributed by atoms with Crippen molar-refractivity contribution in [1.29, 1.82) is 0 Å². The number of benzene rings is 1. The van der Waals surface area contributed by atoms with E-state index in [0.717, 1.165) is 28.9 Å². The van der Waals surface area contributed by atoms with E-state index in [1.165, 1.54) is 0 Å². The van der Waals surface area contributed by atoms with Crippen molar-refractivity contribution in [2.75, 3.05) is 6.61 Å². The van der Waals surface area contributed by atoms with Gasteiger partial charge in [-0.3, -0.25) is 0 Å². The first-order valence-electron chi connectivity index (χ1n) is 5.62. The highest BCUT2D eigenvalue weighted by Crippen LogP contribution is 2.23. The van der Waals surface area contributed by atoms with E-state index in [-0.39, 0.29) is 0 Å². The molecule has 1 N–H and O–H groups in total. The van der Waals surface area contributed by atoms with Crippen LogP contribution in [-0.2, 0) is 0 Å². The maximum Gasteiger partial charge on any atom is 0.122 e. The molecule has 16 heavy (non-hydrogen) atoms. The molecule has 1 rings (SSSR count). The first-order chi connectivity index (χ1) is 7.54. The molecule has 0 heterocycles. The van der Waals surface area contributed by atoms with Gasteiger partial charge in [-0.1, -0.05) is 19.6 Å². The summed E-state index contributed by atoms with van der Waals surface area (Å²) in [6.07, 6.45) is 0.503. The van der Waals surface area contributed by atoms with Gasteiger partial charge in [-0.15, -0.1) is 0 Å². The zero-order valence-electron chi connectivity index (χ0n) is 10.3. The van der Waals surface area contributed by atoms with Crippen molar-refractivity contribution in [3.63, 3.8) is 0 Å². The molecule has 1 aromatic carbocycles. The zero-order valence-corrected chi connectivity index (χ0v) is 10.3. The number of aryl methyl sites for hydroxylation is 1. The van der Waals surface area contributed by atoms with Crippen LogP contribution < -0.4 is 4.74 Å². The maximum atomic E-state index is 9.44. The van der Waals surface area contributed by atoms with Crippen LogP contribution in [0.4, 0.5) is 0 Å². The molecule has 2 nitrogen and oxygen atoms in total. The monoisotopic (exact) mass is 220 g/mol. The van der Waals surface area contributed by atoms with E-state index in [1.807, 2.05) is 25.1 Å². The van der Waals surface area contributed by atoms with E-state index < -0.39 is 6.10 Å². The van der Waals surface area contributed by atoms with Gasteiger partial charge in [0.05, 0.1) is 6.10 Å². The van der Waals surface area contributed by atoms with Crippen LogP contribution in [0.3, 0.4) is 0 Å². The fraction of sp³-hybridized carbons (Fsp3) is 0.429. The molecule has 88 valence electrons. The predicted octanol–water partition coefficient (Wildman–Crippen LogP) is 3.39. The number of aliphatic hydroxyl groups is 1. The highest BCUT2D eigenvalue weighted by molar-refractivity contribution is 5.37. The van der Waals surface area contributed by atoms with Crippen molar-refractivity contribution in [1.82, 2.24) is 0 Å². The zero-order chi connectivity index (χ0) is 12.1. The van der Waals surface area contributed by atoms with Crippen molar-refractivity contribution >= 4 is 0 Å². The third-order valence-electron chi connectivity index (χ3n) is 2.61. The number of hydrogen-bond donors (Lipinski definition) is 1. The van der Waals surface area contributed by atoms with Gasteiger partial charge in [0.2, 0.25) is 0 Å². The fourth-order valence-corrected chi connectivity index (χ4v) is 1.38. The van der Waals surface area contributed by atoms with E-state index in [4.69, 9.17) is 4.74 Å². The summed E-state index contributed by atoms with van der Waals surface area (Å²) in [5.74, 6) is 0.860. The third-order valence-corrected chi connectivity index (χ3v) is 2.61. The van der Waals surface area contributed by atoms with Crippen LogP contribution >= 0.6 is 0 Å². The van der Waals surface area contributed by atoms with Gasteiger partial charge in [0.1, 0.15) is 12.4 Å². The first-order valence-corrected chi connectivity index (χ1v) is 5.62. The molecule has 0 unspecified atom stereocenters. The average molecular weight is 220 g/mol. The Morgan fingerprint density at radius 2 is 2.19 bits per heavy atom. The highest BCUT2D eigenvalue weighted by atomic mass is 16.5. The van der Waals surface area contributed by atoms with Crippen molar-refractivity contribution in [3.05, 3.63) is 41.5 Å². The SMILES string of the molecule is C=C(CC)COc1ccc([C@H](C)O)cc1C. The molecule has 0 saturated heterocycles. The molecular formula is C14H20O2. The van der Waals surface area contributed by atoms with Crippen LogP contribution in [0, 0.1) is 6.92 Å². The van der Waals surface area contributed by atoms with Crippen molar-refractivity contribution in [2.24, 2.45) is 0 Å². The summed E-state index contributed by atoms with van der Waals surface area (Å²) in [4.78, 5) is 0. The standard InChI is InChI=1S/C14H20O2/c1-5-10(2)9-16-14-7-6-13(12(4)15)8-11(14)3/h6-8,12,15H,2,5,9H2,1,3-4H3/t12-/m0/s1. The summed E-state index contributed by atoms with van der Waals surface area (Å²) in [7, 11) is 0. The summed E-state index contributed by atoms with van der Waals surface area (Å²) in [5, 5.41) is 9.44. The quantitative estimate of drug-likeness (QED) is 0.771. The fourth-order valence-electron chi connectivity index (χ4n) is 1.38. The van der Waals surface area contributed by atoms with Gasteiger partial charge in [-0.05, 0) is 49.1 Å². The van der Waals surface area contributed by atoms with Crippen molar-refractivity contribution in [3.8, 4) is 5.75 Å². The Kier molecular flexibility index (Phi) is 4.56. The van der Waals surface area contributed by atoms with Crippen LogP contribution in [0.1, 0.15) is 37.5 Å². The molecule has 0 bridgehead atoms. The molecule has 1 aromatic rings. The maximum absolute atomic E-state index is 9.44. The molecule has 0 radical (unpaired) electrons. The van der Waals surface area contributed by atoms with Crippen molar-refractivity contribution in [2.45, 2.75) is 33.3 Å². The Morgan fingerprint density at radius 1 is 1.50 bits per heavy atom. The molecular weight excluding hydrogens is 200 g/mol. The van der Waals surface area contributed by atoms with E-state index in [0.29, 0.717) is 6.61 Å². The lowest BCUT2D eigenvalue weighted by molar-refractivity contribution is 0.199. The van der Waals surface area contributed by atoms with Crippen LogP contribution in [0.15, 0.2) is 30.4 Å². The summed E-state index contributed by atoms with van der Waals surface area (Å²) in [6, 6.07) is 5.75. The molecule has 0 aromatic heterocycles. The Morgan fingerprint density at radius 3 is 2.69 bits per heavy atom. The van der Waals surface area contributed by atoms with Gasteiger partial charge in [0.25, 0.3) is 0 Å². The highest BCUT2D eigenvalue weighted by Gasteiger charge is 2.05. The number of hydrogen-bond acceptors (Lipinski definition) is 2. The lowest BCUT2D eigenvalue weighted by Gasteiger charge is -2.12. The number of ether oxygens (including phenoxy) is 1. The minimum Gasteiger partial charge on any atom is -0.489 e. The second-order valence-electron chi connectivity index (χ2n) is 4.09. The third kappa shape index (κ3) is 3.38. The van der Waals surface area contributed by atoms with Crippen LogP contribution in [0.25, 0.3) is 0 Å². The molecule has 0 amide bonds. The molecule has 0 aliphatic carbocycles. The minimum absolute atomic E-state index is 0.432. The Balaban J connectivity index is 2.72. The molecule has 0 saturated carbocycles. The van der Waals surface area contributed by atoms with Gasteiger partial charge in [0, 0.05) is 0 Å². The lowest BCUT2D eigenvalue weighted by atomic mass is 10.1. The van der Waals surface area contributed by atoms with Gasteiger partial charge < -0.3 is 9.84 Å². The molecule has 0 fully saturated rings. The summed E-state index contributed by atoms with van der Waals surface area (Å²) in [6.45, 7) is 10.3. The van der Waals surface area contributed by atoms with Gasteiger partial charge in [-0.25, -0.2) is 0 Å². The second kappa shape index (κ2) is 5.71. The summed E-state index contributed by atoms with van der Waals surface area (Å²) in [5.41, 5.74) is 3.04. The normalized spacial score (nSPS) is 12.2. The Bertz CT molecular complexity index is 367. The smallest absolute Gasteiger partial charge is 0.122 e. The molecule has 0 aliphatic rings. The minimum atomic E-state index is -0.432. The molecule has 0 spiro atoms. The van der Waals surface area contributed by atoms with Gasteiger partial charge in [0.15, 0.2) is 0 Å². The van der Waals surface area contributed by atoms with E-state index in [9.17, 15) is 5.11 Å². The lowest BCUT2D eigenvalue weighted by Crippen LogP contribution is -2.01. The molecule has 2 heteroatoms. The molecule has 0 aliphatic heterocycles. The Labute approximate surface area is 97.6 Å². The number of aliphatic hydroxyl groups excluding tert-OH is 1.